The van der Waals surface area contributed by atoms with Crippen molar-refractivity contribution in [3.63, 3.8) is 0 Å². The number of rotatable bonds is 4. The van der Waals surface area contributed by atoms with Crippen LogP contribution in [0.4, 0.5) is 0 Å². The van der Waals surface area contributed by atoms with E-state index in [0.717, 1.165) is 23.0 Å². The van der Waals surface area contributed by atoms with Crippen LogP contribution in [0.3, 0.4) is 0 Å². The summed E-state index contributed by atoms with van der Waals surface area (Å²) in [6, 6.07) is 17.3. The molecular formula is C25H28. The Hall–Kier alpha value is -2.26. The zero-order valence-electron chi connectivity index (χ0n) is 15.3. The third-order valence-corrected chi connectivity index (χ3v) is 5.41. The van der Waals surface area contributed by atoms with Crippen molar-refractivity contribution >= 4 is 0 Å². The normalized spacial score (nSPS) is 19.7. The summed E-state index contributed by atoms with van der Waals surface area (Å²) >= 11 is 0. The van der Waals surface area contributed by atoms with Crippen LogP contribution in [0, 0.1) is 24.7 Å². The van der Waals surface area contributed by atoms with Gasteiger partial charge in [-0.05, 0) is 87.1 Å². The van der Waals surface area contributed by atoms with Gasteiger partial charge in [0.2, 0.25) is 0 Å². The van der Waals surface area contributed by atoms with Crippen LogP contribution in [0.2, 0.25) is 0 Å². The Balaban J connectivity index is 1.58. The maximum Gasteiger partial charge on any atom is 0.0249 e. The van der Waals surface area contributed by atoms with Crippen LogP contribution >= 0.6 is 0 Å². The van der Waals surface area contributed by atoms with Gasteiger partial charge < -0.3 is 0 Å². The monoisotopic (exact) mass is 328 g/mol. The van der Waals surface area contributed by atoms with E-state index in [1.165, 1.54) is 49.7 Å². The van der Waals surface area contributed by atoms with Crippen molar-refractivity contribution in [2.75, 3.05) is 0 Å². The fraction of sp³-hybridized carbons (Fsp3) is 0.360. The molecule has 3 rings (SSSR count). The quantitative estimate of drug-likeness (QED) is 0.436. The Labute approximate surface area is 153 Å². The van der Waals surface area contributed by atoms with E-state index in [1.807, 2.05) is 0 Å². The van der Waals surface area contributed by atoms with Gasteiger partial charge in [0.25, 0.3) is 0 Å². The Morgan fingerprint density at radius 1 is 0.880 bits per heavy atom. The standard InChI is InChI=1S/C25H28/c1-3-4-5-21-12-16-24(17-13-21)25-18-14-23(15-19-25)11-10-22-8-6-20(2)7-9-22/h3,6-9,14-15,18-19,21,24H,1,4-5,12-13,16-17H2,2H3. The number of hydrogen-bond donors (Lipinski definition) is 0. The van der Waals surface area contributed by atoms with Crippen LogP contribution in [-0.2, 0) is 0 Å². The van der Waals surface area contributed by atoms with E-state index in [0.29, 0.717) is 0 Å². The van der Waals surface area contributed by atoms with Crippen molar-refractivity contribution in [1.29, 1.82) is 0 Å². The second-order valence-corrected chi connectivity index (χ2v) is 7.32. The van der Waals surface area contributed by atoms with E-state index >= 15 is 0 Å². The first kappa shape index (κ1) is 17.6. The molecule has 0 heterocycles. The number of hydrogen-bond acceptors (Lipinski definition) is 0. The molecule has 0 radical (unpaired) electrons. The molecule has 1 fully saturated rings. The average molecular weight is 328 g/mol. The van der Waals surface area contributed by atoms with Crippen molar-refractivity contribution in [3.8, 4) is 11.8 Å². The lowest BCUT2D eigenvalue weighted by atomic mass is 9.77. The molecule has 0 unspecified atom stereocenters. The van der Waals surface area contributed by atoms with E-state index < -0.39 is 0 Å². The Morgan fingerprint density at radius 3 is 2.00 bits per heavy atom. The molecular weight excluding hydrogens is 300 g/mol. The molecule has 0 nitrogen and oxygen atoms in total. The molecule has 0 bridgehead atoms. The fourth-order valence-electron chi connectivity index (χ4n) is 3.76. The first-order valence-electron chi connectivity index (χ1n) is 9.54. The number of allylic oxidation sites excluding steroid dienone is 1. The first-order valence-corrected chi connectivity index (χ1v) is 9.54. The van der Waals surface area contributed by atoms with E-state index in [4.69, 9.17) is 0 Å². The zero-order chi connectivity index (χ0) is 17.5. The van der Waals surface area contributed by atoms with Gasteiger partial charge in [-0.1, -0.05) is 47.7 Å². The third kappa shape index (κ3) is 5.10. The molecule has 0 aliphatic heterocycles. The van der Waals surface area contributed by atoms with Crippen LogP contribution in [0.25, 0.3) is 0 Å². The lowest BCUT2D eigenvalue weighted by Gasteiger charge is -2.28. The van der Waals surface area contributed by atoms with Gasteiger partial charge in [-0.3, -0.25) is 0 Å². The SMILES string of the molecule is C=CCCC1CCC(c2ccc(C#Cc3ccc(C)cc3)cc2)CC1. The maximum atomic E-state index is 3.84. The largest absolute Gasteiger partial charge is 0.103 e. The smallest absolute Gasteiger partial charge is 0.0249 e. The van der Waals surface area contributed by atoms with E-state index in [-0.39, 0.29) is 0 Å². The van der Waals surface area contributed by atoms with Gasteiger partial charge >= 0.3 is 0 Å². The highest BCUT2D eigenvalue weighted by Gasteiger charge is 2.21. The van der Waals surface area contributed by atoms with Gasteiger partial charge in [-0.25, -0.2) is 0 Å². The molecule has 0 saturated heterocycles. The summed E-state index contributed by atoms with van der Waals surface area (Å²) in [5.74, 6) is 8.18. The summed E-state index contributed by atoms with van der Waals surface area (Å²) in [4.78, 5) is 0. The molecule has 0 spiro atoms. The second kappa shape index (κ2) is 8.72. The second-order valence-electron chi connectivity index (χ2n) is 7.32. The molecule has 2 aromatic rings. The van der Waals surface area contributed by atoms with Gasteiger partial charge in [0.1, 0.15) is 0 Å². The topological polar surface area (TPSA) is 0 Å². The van der Waals surface area contributed by atoms with Crippen LogP contribution in [0.1, 0.15) is 66.7 Å². The highest BCUT2D eigenvalue weighted by Crippen LogP contribution is 2.37. The van der Waals surface area contributed by atoms with Crippen LogP contribution in [-0.4, -0.2) is 0 Å². The minimum absolute atomic E-state index is 0.735. The van der Waals surface area contributed by atoms with E-state index in [9.17, 15) is 0 Å². The van der Waals surface area contributed by atoms with Crippen molar-refractivity contribution in [1.82, 2.24) is 0 Å². The molecule has 0 N–H and O–H groups in total. The fourth-order valence-corrected chi connectivity index (χ4v) is 3.76. The van der Waals surface area contributed by atoms with Gasteiger partial charge in [-0.15, -0.1) is 6.58 Å². The van der Waals surface area contributed by atoms with E-state index in [2.05, 4.69) is 80.0 Å². The minimum Gasteiger partial charge on any atom is -0.103 e. The molecule has 0 atom stereocenters. The molecule has 0 heteroatoms. The van der Waals surface area contributed by atoms with Gasteiger partial charge in [0.15, 0.2) is 0 Å². The average Bonchev–Trinajstić information content (AvgIpc) is 2.67. The van der Waals surface area contributed by atoms with Crippen LogP contribution in [0.15, 0.2) is 61.2 Å². The summed E-state index contributed by atoms with van der Waals surface area (Å²) in [6.45, 7) is 5.94. The van der Waals surface area contributed by atoms with Gasteiger partial charge in [-0.2, -0.15) is 0 Å². The number of benzene rings is 2. The number of aryl methyl sites for hydroxylation is 1. The lowest BCUT2D eigenvalue weighted by molar-refractivity contribution is 0.312. The highest BCUT2D eigenvalue weighted by atomic mass is 14.3. The summed E-state index contributed by atoms with van der Waals surface area (Å²) in [5.41, 5.74) is 4.94. The molecule has 2 aromatic carbocycles. The molecule has 0 aromatic heterocycles. The summed E-state index contributed by atoms with van der Waals surface area (Å²) < 4.78 is 0. The van der Waals surface area contributed by atoms with Crippen molar-refractivity contribution in [2.45, 2.75) is 51.4 Å². The minimum atomic E-state index is 0.735. The Kier molecular flexibility index (Phi) is 6.13. The molecule has 1 aliphatic carbocycles. The summed E-state index contributed by atoms with van der Waals surface area (Å²) in [6.07, 6.45) is 9.95. The zero-order valence-corrected chi connectivity index (χ0v) is 15.3. The first-order chi connectivity index (χ1) is 12.2. The van der Waals surface area contributed by atoms with Gasteiger partial charge in [0, 0.05) is 11.1 Å². The summed E-state index contributed by atoms with van der Waals surface area (Å²) in [7, 11) is 0. The van der Waals surface area contributed by atoms with Crippen molar-refractivity contribution < 1.29 is 0 Å². The highest BCUT2D eigenvalue weighted by molar-refractivity contribution is 5.44. The molecule has 128 valence electrons. The maximum absolute atomic E-state index is 3.84. The Bertz CT molecular complexity index is 729. The molecule has 0 amide bonds. The predicted octanol–water partition coefficient (Wildman–Crippen LogP) is 6.63. The molecule has 1 saturated carbocycles. The molecule has 1 aliphatic rings. The molecule has 25 heavy (non-hydrogen) atoms. The van der Waals surface area contributed by atoms with Crippen molar-refractivity contribution in [2.24, 2.45) is 5.92 Å². The van der Waals surface area contributed by atoms with Crippen LogP contribution in [0.5, 0.6) is 0 Å². The van der Waals surface area contributed by atoms with Crippen LogP contribution < -0.4 is 0 Å². The summed E-state index contributed by atoms with van der Waals surface area (Å²) in [5, 5.41) is 0. The van der Waals surface area contributed by atoms with Crippen molar-refractivity contribution in [3.05, 3.63) is 83.4 Å². The van der Waals surface area contributed by atoms with Gasteiger partial charge in [0.05, 0.1) is 0 Å². The Morgan fingerprint density at radius 2 is 1.44 bits per heavy atom. The predicted molar refractivity (Wildman–Crippen MR) is 108 cm³/mol. The lowest BCUT2D eigenvalue weighted by Crippen LogP contribution is -2.13. The third-order valence-electron chi connectivity index (χ3n) is 5.41. The van der Waals surface area contributed by atoms with E-state index in [1.54, 1.807) is 0 Å².